The zero-order valence-electron chi connectivity index (χ0n) is 8.71. The van der Waals surface area contributed by atoms with Crippen LogP contribution in [-0.2, 0) is 0 Å². The number of Topliss-reactive ketones (excluding diaryl/α,β-unsaturated/α-hetero) is 1. The van der Waals surface area contributed by atoms with Gasteiger partial charge in [0, 0.05) is 10.4 Å². The van der Waals surface area contributed by atoms with Crippen molar-refractivity contribution in [3.8, 4) is 0 Å². The van der Waals surface area contributed by atoms with E-state index >= 15 is 0 Å². The van der Waals surface area contributed by atoms with Crippen LogP contribution < -0.4 is 0 Å². The molecule has 16 heavy (non-hydrogen) atoms. The molecule has 2 aliphatic carbocycles. The first-order valence-electron chi connectivity index (χ1n) is 5.67. The molecule has 0 radical (unpaired) electrons. The Bertz CT molecular complexity index is 411. The van der Waals surface area contributed by atoms with Crippen LogP contribution in [0.1, 0.15) is 35.4 Å². The van der Waals surface area contributed by atoms with E-state index in [2.05, 4.69) is 15.9 Å². The molecule has 1 aromatic rings. The highest BCUT2D eigenvalue weighted by atomic mass is 79.9. The maximum absolute atomic E-state index is 12.3. The fraction of sp³-hybridized carbons (Fsp3) is 0.583. The Balaban J connectivity index is 1.79. The van der Waals surface area contributed by atoms with Crippen molar-refractivity contribution in [2.45, 2.75) is 25.7 Å². The number of hydrogen-bond donors (Lipinski definition) is 0. The predicted octanol–water partition coefficient (Wildman–Crippen LogP) is 4.78. The number of rotatable bonds is 2. The smallest absolute Gasteiger partial charge is 0.176 e. The molecule has 2 fully saturated rings. The Labute approximate surface area is 112 Å². The summed E-state index contributed by atoms with van der Waals surface area (Å²) in [5.74, 6) is 2.00. The number of fused-ring (bicyclic) bond motifs is 1. The molecule has 0 aromatic carbocycles. The average molecular weight is 320 g/mol. The summed E-state index contributed by atoms with van der Waals surface area (Å²) >= 11 is 10.7. The van der Waals surface area contributed by atoms with E-state index in [0.717, 1.165) is 9.35 Å². The van der Waals surface area contributed by atoms with Crippen molar-refractivity contribution in [2.24, 2.45) is 17.8 Å². The van der Waals surface area contributed by atoms with Gasteiger partial charge in [-0.2, -0.15) is 0 Å². The molecular weight excluding hydrogens is 308 g/mol. The molecule has 4 heteroatoms. The van der Waals surface area contributed by atoms with Gasteiger partial charge in [0.2, 0.25) is 0 Å². The summed E-state index contributed by atoms with van der Waals surface area (Å²) in [6.45, 7) is 0. The van der Waals surface area contributed by atoms with Crippen LogP contribution >= 0.6 is 38.9 Å². The monoisotopic (exact) mass is 318 g/mol. The fourth-order valence-electron chi connectivity index (χ4n) is 3.01. The van der Waals surface area contributed by atoms with Crippen LogP contribution in [0.2, 0.25) is 4.34 Å². The standard InChI is InChI=1S/C12H12BrClOS/c13-8-5-9(16-12(8)14)11(15)10-6-3-1-2-4-7(6)10/h5-7,10H,1-4H2. The zero-order valence-corrected chi connectivity index (χ0v) is 11.9. The molecule has 0 saturated heterocycles. The van der Waals surface area contributed by atoms with E-state index < -0.39 is 0 Å². The number of carbonyl (C=O) groups excluding carboxylic acids is 1. The van der Waals surface area contributed by atoms with Crippen molar-refractivity contribution in [1.29, 1.82) is 0 Å². The topological polar surface area (TPSA) is 17.1 Å². The molecule has 0 amide bonds. The Morgan fingerprint density at radius 1 is 1.38 bits per heavy atom. The third-order valence-electron chi connectivity index (χ3n) is 3.85. The van der Waals surface area contributed by atoms with Crippen molar-refractivity contribution >= 4 is 44.7 Å². The van der Waals surface area contributed by atoms with Crippen LogP contribution in [0.3, 0.4) is 0 Å². The van der Waals surface area contributed by atoms with Crippen LogP contribution in [0.25, 0.3) is 0 Å². The highest BCUT2D eigenvalue weighted by Crippen LogP contribution is 2.57. The quantitative estimate of drug-likeness (QED) is 0.717. The Kier molecular flexibility index (Phi) is 2.89. The Morgan fingerprint density at radius 3 is 2.50 bits per heavy atom. The molecule has 1 aromatic heterocycles. The average Bonchev–Trinajstić information content (AvgIpc) is 2.91. The van der Waals surface area contributed by atoms with E-state index in [1.807, 2.05) is 6.07 Å². The molecule has 2 aliphatic rings. The SMILES string of the molecule is O=C(c1cc(Br)c(Cl)s1)C1C2CCCCC21. The highest BCUT2D eigenvalue weighted by molar-refractivity contribution is 9.10. The fourth-order valence-corrected chi connectivity index (χ4v) is 4.70. The summed E-state index contributed by atoms with van der Waals surface area (Å²) in [5.41, 5.74) is 0. The minimum Gasteiger partial charge on any atom is -0.293 e. The molecule has 2 saturated carbocycles. The van der Waals surface area contributed by atoms with Gasteiger partial charge in [0.05, 0.1) is 4.88 Å². The van der Waals surface area contributed by atoms with Crippen LogP contribution in [0.5, 0.6) is 0 Å². The zero-order chi connectivity index (χ0) is 11.3. The van der Waals surface area contributed by atoms with Gasteiger partial charge in [-0.1, -0.05) is 24.4 Å². The molecule has 1 heterocycles. The lowest BCUT2D eigenvalue weighted by molar-refractivity contribution is 0.0960. The van der Waals surface area contributed by atoms with Crippen LogP contribution in [0, 0.1) is 17.8 Å². The molecule has 86 valence electrons. The minimum atomic E-state index is 0.309. The van der Waals surface area contributed by atoms with Gasteiger partial charge in [0.1, 0.15) is 4.34 Å². The van der Waals surface area contributed by atoms with Crippen molar-refractivity contribution in [3.05, 3.63) is 19.8 Å². The predicted molar refractivity (Wildman–Crippen MR) is 70.3 cm³/mol. The van der Waals surface area contributed by atoms with Crippen molar-refractivity contribution in [1.82, 2.24) is 0 Å². The third-order valence-corrected chi connectivity index (χ3v) is 6.34. The number of carbonyl (C=O) groups is 1. The summed E-state index contributed by atoms with van der Waals surface area (Å²) in [6, 6.07) is 1.87. The van der Waals surface area contributed by atoms with Gasteiger partial charge < -0.3 is 0 Å². The lowest BCUT2D eigenvalue weighted by Gasteiger charge is -2.04. The van der Waals surface area contributed by atoms with Gasteiger partial charge in [-0.25, -0.2) is 0 Å². The van der Waals surface area contributed by atoms with Crippen molar-refractivity contribution < 1.29 is 4.79 Å². The van der Waals surface area contributed by atoms with Gasteiger partial charge >= 0.3 is 0 Å². The van der Waals surface area contributed by atoms with Crippen molar-refractivity contribution in [3.63, 3.8) is 0 Å². The number of ketones is 1. The first-order chi connectivity index (χ1) is 7.68. The number of halogens is 2. The summed E-state index contributed by atoms with van der Waals surface area (Å²) in [4.78, 5) is 13.1. The summed E-state index contributed by atoms with van der Waals surface area (Å²) < 4.78 is 1.54. The van der Waals surface area contributed by atoms with E-state index in [1.165, 1.54) is 37.0 Å². The van der Waals surface area contributed by atoms with E-state index in [4.69, 9.17) is 11.6 Å². The second kappa shape index (κ2) is 4.11. The molecule has 0 bridgehead atoms. The van der Waals surface area contributed by atoms with Crippen LogP contribution in [-0.4, -0.2) is 5.78 Å². The molecule has 0 spiro atoms. The molecule has 0 aliphatic heterocycles. The number of hydrogen-bond acceptors (Lipinski definition) is 2. The van der Waals surface area contributed by atoms with E-state index in [-0.39, 0.29) is 0 Å². The van der Waals surface area contributed by atoms with Gasteiger partial charge in [-0.15, -0.1) is 11.3 Å². The number of thiophene rings is 1. The third kappa shape index (κ3) is 1.77. The van der Waals surface area contributed by atoms with Crippen LogP contribution in [0.4, 0.5) is 0 Å². The first-order valence-corrected chi connectivity index (χ1v) is 7.66. The Hall–Kier alpha value is 0.140. The normalized spacial score (nSPS) is 32.2. The lowest BCUT2D eigenvalue weighted by Crippen LogP contribution is -2.01. The lowest BCUT2D eigenvalue weighted by atomic mass is 10.0. The molecule has 3 rings (SSSR count). The molecule has 0 N–H and O–H groups in total. The summed E-state index contributed by atoms with van der Waals surface area (Å²) in [7, 11) is 0. The maximum atomic E-state index is 12.3. The first kappa shape index (κ1) is 11.2. The van der Waals surface area contributed by atoms with E-state index in [0.29, 0.717) is 27.9 Å². The minimum absolute atomic E-state index is 0.309. The molecule has 2 atom stereocenters. The molecule has 2 unspecified atom stereocenters. The molecule has 1 nitrogen and oxygen atoms in total. The Morgan fingerprint density at radius 2 is 2.00 bits per heavy atom. The van der Waals surface area contributed by atoms with Crippen LogP contribution in [0.15, 0.2) is 10.5 Å². The summed E-state index contributed by atoms with van der Waals surface area (Å²) in [6.07, 6.45) is 5.11. The second-order valence-corrected chi connectivity index (χ2v) is 7.24. The van der Waals surface area contributed by atoms with Gasteiger partial charge in [0.15, 0.2) is 5.78 Å². The van der Waals surface area contributed by atoms with E-state index in [1.54, 1.807) is 0 Å². The summed E-state index contributed by atoms with van der Waals surface area (Å²) in [5, 5.41) is 0. The maximum Gasteiger partial charge on any atom is 0.176 e. The molecular formula is C12H12BrClOS. The van der Waals surface area contributed by atoms with Gasteiger partial charge in [-0.05, 0) is 46.7 Å². The second-order valence-electron chi connectivity index (χ2n) is 4.73. The van der Waals surface area contributed by atoms with Gasteiger partial charge in [0.25, 0.3) is 0 Å². The highest BCUT2D eigenvalue weighted by Gasteiger charge is 2.54. The van der Waals surface area contributed by atoms with Gasteiger partial charge in [-0.3, -0.25) is 4.79 Å². The van der Waals surface area contributed by atoms with Crippen molar-refractivity contribution in [2.75, 3.05) is 0 Å². The largest absolute Gasteiger partial charge is 0.293 e. The van der Waals surface area contributed by atoms with E-state index in [9.17, 15) is 4.79 Å².